The molecule has 0 aliphatic heterocycles. The summed E-state index contributed by atoms with van der Waals surface area (Å²) in [6, 6.07) is 0. The number of allylic oxidation sites excluding steroid dienone is 2. The second-order valence-electron chi connectivity index (χ2n) is 2.12. The van der Waals surface area contributed by atoms with Crippen molar-refractivity contribution in [3.63, 3.8) is 0 Å². The van der Waals surface area contributed by atoms with Crippen LogP contribution in [0.2, 0.25) is 0 Å². The molecule has 0 unspecified atom stereocenters. The highest BCUT2D eigenvalue weighted by Crippen LogP contribution is 1.92. The molecule has 0 aromatic rings. The second kappa shape index (κ2) is 5.54. The van der Waals surface area contributed by atoms with Crippen LogP contribution in [-0.2, 0) is 4.79 Å². The zero-order valence-corrected chi connectivity index (χ0v) is 6.18. The first-order chi connectivity index (χ1) is 4.27. The summed E-state index contributed by atoms with van der Waals surface area (Å²) in [5.74, 6) is 0.274. The molecule has 52 valence electrons. The van der Waals surface area contributed by atoms with Gasteiger partial charge >= 0.3 is 0 Å². The first-order valence-corrected chi connectivity index (χ1v) is 3.41. The van der Waals surface area contributed by atoms with E-state index in [9.17, 15) is 4.79 Å². The highest BCUT2D eigenvalue weighted by atomic mass is 16.1. The highest BCUT2D eigenvalue weighted by molar-refractivity contribution is 5.75. The molecule has 1 nitrogen and oxygen atoms in total. The van der Waals surface area contributed by atoms with Gasteiger partial charge in [-0.15, -0.1) is 0 Å². The molecule has 1 heteroatoms. The van der Waals surface area contributed by atoms with E-state index in [-0.39, 0.29) is 5.78 Å². The maximum Gasteiger partial charge on any atom is 0.130 e. The van der Waals surface area contributed by atoms with Gasteiger partial charge in [-0.1, -0.05) is 19.1 Å². The van der Waals surface area contributed by atoms with Crippen molar-refractivity contribution >= 4 is 5.78 Å². The quantitative estimate of drug-likeness (QED) is 0.528. The molecule has 0 rings (SSSR count). The van der Waals surface area contributed by atoms with E-state index in [4.69, 9.17) is 0 Å². The van der Waals surface area contributed by atoms with Crippen LogP contribution in [0.15, 0.2) is 12.2 Å². The molecule has 9 heavy (non-hydrogen) atoms. The van der Waals surface area contributed by atoms with Gasteiger partial charge in [0.15, 0.2) is 0 Å². The Balaban J connectivity index is 3.09. The lowest BCUT2D eigenvalue weighted by Gasteiger charge is -1.85. The standard InChI is InChI=1S/C8H14O/c1-3-4-5-6-7-8(2)9/h4-5H,3,6-7H2,1-2H3. The molecule has 0 aromatic carbocycles. The molecular formula is C8H14O. The fraction of sp³-hybridized carbons (Fsp3) is 0.625. The summed E-state index contributed by atoms with van der Waals surface area (Å²) >= 11 is 0. The van der Waals surface area contributed by atoms with Crippen molar-refractivity contribution in [1.82, 2.24) is 0 Å². The summed E-state index contributed by atoms with van der Waals surface area (Å²) in [4.78, 5) is 10.4. The van der Waals surface area contributed by atoms with Crippen LogP contribution in [0.1, 0.15) is 33.1 Å². The number of carbonyl (C=O) groups excluding carboxylic acids is 1. The number of Topliss-reactive ketones (excluding diaryl/α,β-unsaturated/α-hetero) is 1. The van der Waals surface area contributed by atoms with Crippen LogP contribution in [0.3, 0.4) is 0 Å². The summed E-state index contributed by atoms with van der Waals surface area (Å²) in [6.45, 7) is 3.71. The van der Waals surface area contributed by atoms with E-state index in [0.717, 1.165) is 12.8 Å². The number of hydrogen-bond donors (Lipinski definition) is 0. The van der Waals surface area contributed by atoms with Crippen molar-refractivity contribution in [2.45, 2.75) is 33.1 Å². The average Bonchev–Trinajstić information content (AvgIpc) is 1.80. The van der Waals surface area contributed by atoms with E-state index in [0.29, 0.717) is 6.42 Å². The third kappa shape index (κ3) is 7.41. The first kappa shape index (κ1) is 8.41. The SMILES string of the molecule is CCC=CCCC(C)=O. The third-order valence-corrected chi connectivity index (χ3v) is 1.07. The summed E-state index contributed by atoms with van der Waals surface area (Å²) in [6.07, 6.45) is 6.81. The topological polar surface area (TPSA) is 17.1 Å². The number of rotatable bonds is 4. The monoisotopic (exact) mass is 126 g/mol. The Hall–Kier alpha value is -0.590. The third-order valence-electron chi connectivity index (χ3n) is 1.07. The smallest absolute Gasteiger partial charge is 0.130 e. The lowest BCUT2D eigenvalue weighted by atomic mass is 10.2. The first-order valence-electron chi connectivity index (χ1n) is 3.41. The van der Waals surface area contributed by atoms with Crippen LogP contribution >= 0.6 is 0 Å². The predicted octanol–water partition coefficient (Wildman–Crippen LogP) is 2.32. The maximum atomic E-state index is 10.4. The van der Waals surface area contributed by atoms with Crippen molar-refractivity contribution in [3.8, 4) is 0 Å². The number of ketones is 1. The predicted molar refractivity (Wildman–Crippen MR) is 39.3 cm³/mol. The lowest BCUT2D eigenvalue weighted by molar-refractivity contribution is -0.116. The van der Waals surface area contributed by atoms with Crippen LogP contribution in [-0.4, -0.2) is 5.78 Å². The van der Waals surface area contributed by atoms with E-state index < -0.39 is 0 Å². The minimum Gasteiger partial charge on any atom is -0.300 e. The van der Waals surface area contributed by atoms with Crippen molar-refractivity contribution in [2.75, 3.05) is 0 Å². The zero-order valence-electron chi connectivity index (χ0n) is 6.18. The van der Waals surface area contributed by atoms with Crippen molar-refractivity contribution in [2.24, 2.45) is 0 Å². The average molecular weight is 126 g/mol. The fourth-order valence-corrected chi connectivity index (χ4v) is 0.571. The van der Waals surface area contributed by atoms with Gasteiger partial charge in [0.1, 0.15) is 5.78 Å². The molecule has 0 aromatic heterocycles. The Morgan fingerprint density at radius 2 is 2.11 bits per heavy atom. The van der Waals surface area contributed by atoms with Gasteiger partial charge in [-0.05, 0) is 19.8 Å². The molecule has 0 fully saturated rings. The Bertz CT molecular complexity index is 103. The molecule has 0 saturated heterocycles. The minimum absolute atomic E-state index is 0.274. The van der Waals surface area contributed by atoms with Crippen LogP contribution in [0.4, 0.5) is 0 Å². The summed E-state index contributed by atoms with van der Waals surface area (Å²) < 4.78 is 0. The van der Waals surface area contributed by atoms with Crippen LogP contribution in [0.25, 0.3) is 0 Å². The molecule has 0 spiro atoms. The Morgan fingerprint density at radius 3 is 2.56 bits per heavy atom. The molecule has 0 bridgehead atoms. The van der Waals surface area contributed by atoms with Crippen molar-refractivity contribution in [3.05, 3.63) is 12.2 Å². The molecular weight excluding hydrogens is 112 g/mol. The van der Waals surface area contributed by atoms with E-state index in [1.165, 1.54) is 0 Å². The molecule has 0 radical (unpaired) electrons. The van der Waals surface area contributed by atoms with Gasteiger partial charge in [0.25, 0.3) is 0 Å². The van der Waals surface area contributed by atoms with E-state index in [2.05, 4.69) is 19.1 Å². The normalized spacial score (nSPS) is 10.4. The van der Waals surface area contributed by atoms with Gasteiger partial charge in [0, 0.05) is 6.42 Å². The lowest BCUT2D eigenvalue weighted by Crippen LogP contribution is -1.85. The van der Waals surface area contributed by atoms with E-state index >= 15 is 0 Å². The molecule has 0 atom stereocenters. The fourth-order valence-electron chi connectivity index (χ4n) is 0.571. The summed E-state index contributed by atoms with van der Waals surface area (Å²) in [7, 11) is 0. The molecule has 0 aliphatic rings. The van der Waals surface area contributed by atoms with Crippen LogP contribution in [0, 0.1) is 0 Å². The van der Waals surface area contributed by atoms with Crippen LogP contribution in [0.5, 0.6) is 0 Å². The molecule has 0 aliphatic carbocycles. The molecule has 0 N–H and O–H groups in total. The molecule has 0 amide bonds. The van der Waals surface area contributed by atoms with Crippen molar-refractivity contribution in [1.29, 1.82) is 0 Å². The maximum absolute atomic E-state index is 10.4. The zero-order chi connectivity index (χ0) is 7.11. The Kier molecular flexibility index (Phi) is 5.18. The van der Waals surface area contributed by atoms with Gasteiger partial charge in [-0.3, -0.25) is 0 Å². The Morgan fingerprint density at radius 1 is 1.44 bits per heavy atom. The minimum atomic E-state index is 0.274. The van der Waals surface area contributed by atoms with E-state index in [1.807, 2.05) is 0 Å². The second-order valence-corrected chi connectivity index (χ2v) is 2.12. The van der Waals surface area contributed by atoms with Gasteiger partial charge in [-0.2, -0.15) is 0 Å². The molecule has 0 saturated carbocycles. The highest BCUT2D eigenvalue weighted by Gasteiger charge is 1.86. The number of hydrogen-bond acceptors (Lipinski definition) is 1. The summed E-state index contributed by atoms with van der Waals surface area (Å²) in [5, 5.41) is 0. The van der Waals surface area contributed by atoms with Gasteiger partial charge in [0.2, 0.25) is 0 Å². The Labute approximate surface area is 56.8 Å². The largest absolute Gasteiger partial charge is 0.300 e. The van der Waals surface area contributed by atoms with Gasteiger partial charge < -0.3 is 4.79 Å². The van der Waals surface area contributed by atoms with Crippen LogP contribution < -0.4 is 0 Å². The molecule has 0 heterocycles. The van der Waals surface area contributed by atoms with E-state index in [1.54, 1.807) is 6.92 Å². The van der Waals surface area contributed by atoms with Crippen molar-refractivity contribution < 1.29 is 4.79 Å². The van der Waals surface area contributed by atoms with Gasteiger partial charge in [0.05, 0.1) is 0 Å². The van der Waals surface area contributed by atoms with Gasteiger partial charge in [-0.25, -0.2) is 0 Å². The number of carbonyl (C=O) groups is 1. The summed E-state index contributed by atoms with van der Waals surface area (Å²) in [5.41, 5.74) is 0.